The first kappa shape index (κ1) is 34.7. The third-order valence-electron chi connectivity index (χ3n) is 9.56. The highest BCUT2D eigenvalue weighted by Crippen LogP contribution is 2.44. The molecule has 2 aliphatic rings. The van der Waals surface area contributed by atoms with E-state index in [0.717, 1.165) is 51.2 Å². The number of amides is 2. The van der Waals surface area contributed by atoms with Crippen LogP contribution >= 0.6 is 22.7 Å². The third kappa shape index (κ3) is 6.78. The Morgan fingerprint density at radius 3 is 1.88 bits per heavy atom. The second-order valence-electron chi connectivity index (χ2n) is 16.5. The van der Waals surface area contributed by atoms with Gasteiger partial charge in [0.1, 0.15) is 28.6 Å². The summed E-state index contributed by atoms with van der Waals surface area (Å²) in [5.74, 6) is 2.04. The highest BCUT2D eigenvalue weighted by atomic mass is 32.1. The lowest BCUT2D eigenvalue weighted by atomic mass is 10.1. The van der Waals surface area contributed by atoms with Crippen molar-refractivity contribution in [3.63, 3.8) is 0 Å². The molecule has 2 aromatic carbocycles. The molecule has 8 rings (SSSR count). The number of aromatic nitrogens is 3. The zero-order chi connectivity index (χ0) is 36.7. The average molecular weight is 740 g/mol. The first-order valence-electron chi connectivity index (χ1n) is 18.0. The first-order chi connectivity index (χ1) is 24.6. The van der Waals surface area contributed by atoms with Crippen LogP contribution in [0.3, 0.4) is 0 Å². The molecule has 0 radical (unpaired) electrons. The summed E-state index contributed by atoms with van der Waals surface area (Å²) in [7, 11) is 0. The van der Waals surface area contributed by atoms with Crippen LogP contribution in [0.4, 0.5) is 9.59 Å². The summed E-state index contributed by atoms with van der Waals surface area (Å²) >= 11 is 3.53. The molecule has 0 bridgehead atoms. The molecule has 0 saturated carbocycles. The predicted molar refractivity (Wildman–Crippen MR) is 207 cm³/mol. The van der Waals surface area contributed by atoms with Crippen LogP contribution in [0, 0.1) is 11.8 Å². The van der Waals surface area contributed by atoms with E-state index in [1.807, 2.05) is 52.5 Å². The Bertz CT molecular complexity index is 2130. The minimum Gasteiger partial charge on any atom is -0.444 e. The number of hydrogen-bond acceptors (Lipinski definition) is 9. The van der Waals surface area contributed by atoms with Crippen molar-refractivity contribution < 1.29 is 23.5 Å². The van der Waals surface area contributed by atoms with E-state index in [-0.39, 0.29) is 24.3 Å². The molecule has 4 aromatic heterocycles. The minimum absolute atomic E-state index is 0.146. The number of carbonyl (C=O) groups is 2. The van der Waals surface area contributed by atoms with Crippen LogP contribution in [0.1, 0.15) is 92.0 Å². The van der Waals surface area contributed by atoms with E-state index in [4.69, 9.17) is 23.9 Å². The average Bonchev–Trinajstić information content (AvgIpc) is 3.88. The lowest BCUT2D eigenvalue weighted by molar-refractivity contribution is 0.0196. The summed E-state index contributed by atoms with van der Waals surface area (Å²) in [4.78, 5) is 45.2. The monoisotopic (exact) mass is 739 g/mol. The number of nitrogens with zero attached hydrogens (tertiary/aromatic N) is 4. The highest BCUT2D eigenvalue weighted by Gasteiger charge is 2.40. The predicted octanol–water partition coefficient (Wildman–Crippen LogP) is 11.0. The van der Waals surface area contributed by atoms with Gasteiger partial charge in [0.05, 0.1) is 17.1 Å². The number of carbonyl (C=O) groups excluding carboxylic acids is 2. The maximum Gasteiger partial charge on any atom is 0.410 e. The van der Waals surface area contributed by atoms with Gasteiger partial charge in [-0.05, 0) is 114 Å². The third-order valence-corrected chi connectivity index (χ3v) is 11.9. The fourth-order valence-electron chi connectivity index (χ4n) is 7.33. The summed E-state index contributed by atoms with van der Waals surface area (Å²) in [6, 6.07) is 16.6. The first-order valence-corrected chi connectivity index (χ1v) is 19.6. The molecule has 2 amide bonds. The second kappa shape index (κ2) is 12.6. The number of ether oxygens (including phenoxy) is 2. The molecule has 0 aliphatic carbocycles. The van der Waals surface area contributed by atoms with Crippen molar-refractivity contribution in [1.82, 2.24) is 24.8 Å². The fraction of sp³-hybridized carbons (Fsp3) is 0.450. The van der Waals surface area contributed by atoms with Crippen LogP contribution in [0.2, 0.25) is 0 Å². The van der Waals surface area contributed by atoms with Gasteiger partial charge < -0.3 is 18.9 Å². The summed E-state index contributed by atoms with van der Waals surface area (Å²) in [6.07, 6.45) is 0.995. The van der Waals surface area contributed by atoms with E-state index < -0.39 is 11.2 Å². The van der Waals surface area contributed by atoms with Gasteiger partial charge in [0, 0.05) is 32.2 Å². The van der Waals surface area contributed by atoms with Crippen molar-refractivity contribution in [3.8, 4) is 20.9 Å². The lowest BCUT2D eigenvalue weighted by Gasteiger charge is -2.27. The van der Waals surface area contributed by atoms with Gasteiger partial charge >= 0.3 is 12.2 Å². The molecule has 4 atom stereocenters. The van der Waals surface area contributed by atoms with Crippen LogP contribution in [-0.4, -0.2) is 61.2 Å². The van der Waals surface area contributed by atoms with Gasteiger partial charge in [0.15, 0.2) is 5.58 Å². The van der Waals surface area contributed by atoms with E-state index in [1.165, 1.54) is 14.3 Å². The van der Waals surface area contributed by atoms with Crippen LogP contribution in [0.5, 0.6) is 0 Å². The normalized spacial score (nSPS) is 21.2. The number of fused-ring (bicyclic) bond motifs is 3. The number of benzene rings is 2. The topological polar surface area (TPSA) is 114 Å². The molecule has 6 heterocycles. The Morgan fingerprint density at radius 2 is 1.29 bits per heavy atom. The molecule has 272 valence electrons. The van der Waals surface area contributed by atoms with Crippen LogP contribution in [0.25, 0.3) is 52.4 Å². The molecule has 2 aliphatic heterocycles. The largest absolute Gasteiger partial charge is 0.444 e. The van der Waals surface area contributed by atoms with Crippen LogP contribution in [-0.2, 0) is 9.47 Å². The Hall–Kier alpha value is -4.42. The van der Waals surface area contributed by atoms with Gasteiger partial charge in [-0.1, -0.05) is 26.0 Å². The molecule has 4 unspecified atom stereocenters. The van der Waals surface area contributed by atoms with Gasteiger partial charge in [0.2, 0.25) is 5.89 Å². The van der Waals surface area contributed by atoms with Gasteiger partial charge in [-0.2, -0.15) is 0 Å². The van der Waals surface area contributed by atoms with E-state index in [9.17, 15) is 9.59 Å². The number of imidazole rings is 1. The van der Waals surface area contributed by atoms with Crippen molar-refractivity contribution in [3.05, 3.63) is 60.2 Å². The fourth-order valence-corrected chi connectivity index (χ4v) is 9.72. The minimum atomic E-state index is -0.571. The number of aromatic amines is 1. The SMILES string of the molecule is CC1CC(c2nc3ccc(-c4cc5sc(-c6ccc7nc(C8CC(C)CN8C(=O)OC(C)(C)C)oc7c6)cc5s4)cc3[nH]2)N(C(=O)OC(C)(C)C)C1. The molecule has 1 N–H and O–H groups in total. The molecule has 2 fully saturated rings. The number of H-pyrrole nitrogens is 1. The zero-order valence-electron chi connectivity index (χ0n) is 30.9. The lowest BCUT2D eigenvalue weighted by Crippen LogP contribution is -2.37. The van der Waals surface area contributed by atoms with Gasteiger partial charge in [0.25, 0.3) is 0 Å². The van der Waals surface area contributed by atoms with Crippen molar-refractivity contribution in [2.45, 2.75) is 91.5 Å². The summed E-state index contributed by atoms with van der Waals surface area (Å²) < 4.78 is 20.2. The Balaban J connectivity index is 1.01. The maximum absolute atomic E-state index is 13.0. The smallest absolute Gasteiger partial charge is 0.410 e. The van der Waals surface area contributed by atoms with E-state index in [2.05, 4.69) is 61.3 Å². The summed E-state index contributed by atoms with van der Waals surface area (Å²) in [5.41, 5.74) is 4.40. The quantitative estimate of drug-likeness (QED) is 0.191. The molecule has 6 aromatic rings. The van der Waals surface area contributed by atoms with Crippen molar-refractivity contribution in [1.29, 1.82) is 0 Å². The number of hydrogen-bond donors (Lipinski definition) is 1. The second-order valence-corrected chi connectivity index (χ2v) is 18.7. The Labute approximate surface area is 311 Å². The van der Waals surface area contributed by atoms with E-state index in [1.54, 1.807) is 27.6 Å². The van der Waals surface area contributed by atoms with Gasteiger partial charge in [-0.25, -0.2) is 19.6 Å². The van der Waals surface area contributed by atoms with Crippen LogP contribution in [0.15, 0.2) is 52.9 Å². The standard InChI is InChI=1S/C40H45N5O5S2/c1-21-13-28(44(19-21)37(46)49-39(3,4)5)35-41-25-11-9-23(15-27(25)42-35)31-17-33-34(51-31)18-32(52-33)24-10-12-26-30(16-24)48-36(43-26)29-14-22(2)20-45(29)38(47)50-40(6,7)8/h9-12,15-18,21-22,28-29H,13-14,19-20H2,1-8H3,(H,41,42). The molecule has 0 spiro atoms. The highest BCUT2D eigenvalue weighted by molar-refractivity contribution is 7.31. The van der Waals surface area contributed by atoms with Gasteiger partial charge in [-0.15, -0.1) is 22.7 Å². The molecule has 10 nitrogen and oxygen atoms in total. The Kier molecular flexibility index (Phi) is 8.41. The number of thiophene rings is 2. The Morgan fingerprint density at radius 1 is 0.750 bits per heavy atom. The van der Waals surface area contributed by atoms with Gasteiger partial charge in [-0.3, -0.25) is 9.80 Å². The van der Waals surface area contributed by atoms with Crippen molar-refractivity contribution in [2.24, 2.45) is 11.8 Å². The summed E-state index contributed by atoms with van der Waals surface area (Å²) in [5, 5.41) is 0. The number of likely N-dealkylation sites (tertiary alicyclic amines) is 2. The molecule has 12 heteroatoms. The number of oxazole rings is 1. The molecule has 52 heavy (non-hydrogen) atoms. The summed E-state index contributed by atoms with van der Waals surface area (Å²) in [6.45, 7) is 16.9. The molecule has 2 saturated heterocycles. The molecular weight excluding hydrogens is 695 g/mol. The van der Waals surface area contributed by atoms with E-state index >= 15 is 0 Å². The number of rotatable bonds is 4. The van der Waals surface area contributed by atoms with Crippen LogP contribution < -0.4 is 0 Å². The number of nitrogens with one attached hydrogen (secondary N) is 1. The maximum atomic E-state index is 13.0. The van der Waals surface area contributed by atoms with Crippen molar-refractivity contribution >= 4 is 66.4 Å². The molecular formula is C40H45N5O5S2. The van der Waals surface area contributed by atoms with E-state index in [0.29, 0.717) is 36.4 Å². The van der Waals surface area contributed by atoms with Crippen molar-refractivity contribution in [2.75, 3.05) is 13.1 Å². The zero-order valence-corrected chi connectivity index (χ0v) is 32.5.